The molecule has 1 atom stereocenters. The van der Waals surface area contributed by atoms with E-state index in [1.54, 1.807) is 30.3 Å². The molecule has 2 aromatic carbocycles. The molecule has 1 aromatic heterocycles. The molecule has 0 spiro atoms. The minimum atomic E-state index is -4.23. The summed E-state index contributed by atoms with van der Waals surface area (Å²) in [5.74, 6) is 0.0843. The van der Waals surface area contributed by atoms with Crippen molar-refractivity contribution in [2.24, 2.45) is 0 Å². The smallest absolute Gasteiger partial charge is 0.411 e. The Morgan fingerprint density at radius 1 is 1.00 bits per heavy atom. The van der Waals surface area contributed by atoms with Crippen molar-refractivity contribution in [2.45, 2.75) is 0 Å². The van der Waals surface area contributed by atoms with Crippen molar-refractivity contribution in [3.05, 3.63) is 58.6 Å². The van der Waals surface area contributed by atoms with E-state index in [9.17, 15) is 9.46 Å². The standard InChI is InChI=1S/C15H9Cl3NO3P/c16-10-3-1-9(2-4-10)13-7-5-11-12(17)6-8-14(15(11)19-13)22-23(18,20)21/h1-8H,(H,20,21). The highest BCUT2D eigenvalue weighted by Crippen LogP contribution is 2.49. The number of halogens is 3. The van der Waals surface area contributed by atoms with Gasteiger partial charge in [-0.25, -0.2) is 9.55 Å². The molecule has 0 amide bonds. The van der Waals surface area contributed by atoms with Gasteiger partial charge in [0.05, 0.1) is 10.7 Å². The predicted molar refractivity (Wildman–Crippen MR) is 93.5 cm³/mol. The van der Waals surface area contributed by atoms with Crippen molar-refractivity contribution >= 4 is 52.3 Å². The first-order valence-electron chi connectivity index (χ1n) is 6.41. The molecule has 0 radical (unpaired) electrons. The van der Waals surface area contributed by atoms with E-state index < -0.39 is 6.95 Å². The number of pyridine rings is 1. The zero-order valence-electron chi connectivity index (χ0n) is 11.4. The van der Waals surface area contributed by atoms with Gasteiger partial charge < -0.3 is 9.42 Å². The lowest BCUT2D eigenvalue weighted by atomic mass is 10.1. The molecule has 3 rings (SSSR count). The lowest BCUT2D eigenvalue weighted by Gasteiger charge is -2.11. The van der Waals surface area contributed by atoms with Gasteiger partial charge in [0, 0.05) is 27.2 Å². The van der Waals surface area contributed by atoms with Gasteiger partial charge in [-0.05, 0) is 36.4 Å². The number of nitrogens with zero attached hydrogens (tertiary/aromatic N) is 1. The lowest BCUT2D eigenvalue weighted by molar-refractivity contribution is 0.402. The average Bonchev–Trinajstić information content (AvgIpc) is 2.49. The molecule has 4 nitrogen and oxygen atoms in total. The SMILES string of the molecule is O=P(O)(Cl)Oc1ccc(Cl)c2ccc(-c3ccc(Cl)cc3)nc12. The Morgan fingerprint density at radius 2 is 1.70 bits per heavy atom. The van der Waals surface area contributed by atoms with Gasteiger partial charge >= 0.3 is 6.95 Å². The Hall–Kier alpha value is -1.29. The third-order valence-corrected chi connectivity index (χ3v) is 4.33. The van der Waals surface area contributed by atoms with Crippen LogP contribution in [0.4, 0.5) is 0 Å². The predicted octanol–water partition coefficient (Wildman–Crippen LogP) is 5.93. The molecule has 0 bridgehead atoms. The molecule has 0 fully saturated rings. The van der Waals surface area contributed by atoms with Gasteiger partial charge in [-0.1, -0.05) is 35.3 Å². The summed E-state index contributed by atoms with van der Waals surface area (Å²) in [6.45, 7) is -4.23. The van der Waals surface area contributed by atoms with E-state index in [0.717, 1.165) is 5.56 Å². The first kappa shape index (κ1) is 16.6. The zero-order valence-corrected chi connectivity index (χ0v) is 14.6. The van der Waals surface area contributed by atoms with Gasteiger partial charge in [0.1, 0.15) is 5.52 Å². The molecule has 0 aliphatic rings. The van der Waals surface area contributed by atoms with Gasteiger partial charge in [0.2, 0.25) is 0 Å². The first-order valence-corrected chi connectivity index (χ1v) is 9.64. The third-order valence-electron chi connectivity index (χ3n) is 3.12. The highest BCUT2D eigenvalue weighted by atomic mass is 35.7. The van der Waals surface area contributed by atoms with Crippen LogP contribution in [-0.2, 0) is 4.57 Å². The Balaban J connectivity index is 2.18. The van der Waals surface area contributed by atoms with Crippen LogP contribution in [0.3, 0.4) is 0 Å². The van der Waals surface area contributed by atoms with Crippen LogP contribution in [0.2, 0.25) is 10.0 Å². The highest BCUT2D eigenvalue weighted by Gasteiger charge is 2.19. The molecule has 1 unspecified atom stereocenters. The van der Waals surface area contributed by atoms with Crippen LogP contribution in [-0.4, -0.2) is 9.88 Å². The second kappa shape index (κ2) is 6.31. The average molecular weight is 389 g/mol. The van der Waals surface area contributed by atoms with E-state index in [-0.39, 0.29) is 5.75 Å². The van der Waals surface area contributed by atoms with Crippen molar-refractivity contribution in [3.63, 3.8) is 0 Å². The van der Waals surface area contributed by atoms with Crippen molar-refractivity contribution in [1.29, 1.82) is 0 Å². The molecule has 0 aliphatic carbocycles. The van der Waals surface area contributed by atoms with E-state index in [1.165, 1.54) is 6.07 Å². The summed E-state index contributed by atoms with van der Waals surface area (Å²) in [5.41, 5.74) is 1.82. The van der Waals surface area contributed by atoms with Gasteiger partial charge in [-0.3, -0.25) is 0 Å². The molecule has 118 valence electrons. The molecular formula is C15H9Cl3NO3P. The van der Waals surface area contributed by atoms with Gasteiger partial charge in [-0.2, -0.15) is 0 Å². The minimum Gasteiger partial charge on any atom is -0.411 e. The number of hydrogen-bond acceptors (Lipinski definition) is 3. The van der Waals surface area contributed by atoms with Gasteiger partial charge in [0.25, 0.3) is 0 Å². The third kappa shape index (κ3) is 3.79. The van der Waals surface area contributed by atoms with Crippen LogP contribution in [0.15, 0.2) is 48.5 Å². The Morgan fingerprint density at radius 3 is 2.35 bits per heavy atom. The van der Waals surface area contributed by atoms with Gasteiger partial charge in [-0.15, -0.1) is 0 Å². The van der Waals surface area contributed by atoms with E-state index in [0.29, 0.717) is 26.6 Å². The Labute approximate surface area is 146 Å². The molecule has 1 heterocycles. The van der Waals surface area contributed by atoms with Crippen molar-refractivity contribution in [1.82, 2.24) is 4.98 Å². The number of rotatable bonds is 3. The summed E-state index contributed by atoms with van der Waals surface area (Å²) in [7, 11) is 0. The Kier molecular flexibility index (Phi) is 4.54. The maximum Gasteiger partial charge on any atom is 0.474 e. The fraction of sp³-hybridized carbons (Fsp3) is 0. The first-order chi connectivity index (χ1) is 10.8. The Bertz CT molecular complexity index is 925. The molecule has 1 N–H and O–H groups in total. The normalized spacial score (nSPS) is 13.7. The summed E-state index contributed by atoms with van der Waals surface area (Å²) in [5, 5.41) is 1.65. The second-order valence-electron chi connectivity index (χ2n) is 4.69. The van der Waals surface area contributed by atoms with Crippen molar-refractivity contribution < 1.29 is 14.0 Å². The number of fused-ring (bicyclic) bond motifs is 1. The summed E-state index contributed by atoms with van der Waals surface area (Å²) >= 11 is 17.3. The summed E-state index contributed by atoms with van der Waals surface area (Å²) in [6.07, 6.45) is 0. The molecule has 0 saturated carbocycles. The lowest BCUT2D eigenvalue weighted by Crippen LogP contribution is -1.92. The fourth-order valence-corrected chi connectivity index (χ4v) is 3.09. The zero-order chi connectivity index (χ0) is 16.6. The van der Waals surface area contributed by atoms with E-state index in [1.807, 2.05) is 12.1 Å². The monoisotopic (exact) mass is 387 g/mol. The van der Waals surface area contributed by atoms with Crippen LogP contribution in [0, 0.1) is 0 Å². The maximum absolute atomic E-state index is 11.3. The van der Waals surface area contributed by atoms with Crippen LogP contribution in [0.5, 0.6) is 5.75 Å². The largest absolute Gasteiger partial charge is 0.474 e. The van der Waals surface area contributed by atoms with Crippen molar-refractivity contribution in [3.8, 4) is 17.0 Å². The minimum absolute atomic E-state index is 0.0843. The molecule has 3 aromatic rings. The number of hydrogen-bond donors (Lipinski definition) is 1. The highest BCUT2D eigenvalue weighted by molar-refractivity contribution is 7.80. The number of aromatic nitrogens is 1. The topological polar surface area (TPSA) is 59.4 Å². The maximum atomic E-state index is 11.3. The molecule has 0 aliphatic heterocycles. The molecular weight excluding hydrogens is 380 g/mol. The van der Waals surface area contributed by atoms with E-state index in [4.69, 9.17) is 39.0 Å². The van der Waals surface area contributed by atoms with Gasteiger partial charge in [0.15, 0.2) is 5.75 Å². The second-order valence-corrected chi connectivity index (χ2v) is 7.90. The van der Waals surface area contributed by atoms with E-state index >= 15 is 0 Å². The number of benzene rings is 2. The molecule has 0 saturated heterocycles. The quantitative estimate of drug-likeness (QED) is 0.565. The fourth-order valence-electron chi connectivity index (χ4n) is 2.13. The summed E-state index contributed by atoms with van der Waals surface area (Å²) in [4.78, 5) is 13.7. The van der Waals surface area contributed by atoms with Crippen LogP contribution >= 0.6 is 41.4 Å². The van der Waals surface area contributed by atoms with Crippen LogP contribution in [0.1, 0.15) is 0 Å². The van der Waals surface area contributed by atoms with E-state index in [2.05, 4.69) is 4.98 Å². The van der Waals surface area contributed by atoms with Crippen LogP contribution < -0.4 is 4.52 Å². The molecule has 8 heteroatoms. The van der Waals surface area contributed by atoms with Crippen molar-refractivity contribution in [2.75, 3.05) is 0 Å². The van der Waals surface area contributed by atoms with Crippen LogP contribution in [0.25, 0.3) is 22.2 Å². The summed E-state index contributed by atoms with van der Waals surface area (Å²) in [6, 6.07) is 13.7. The molecule has 23 heavy (non-hydrogen) atoms. The summed E-state index contributed by atoms with van der Waals surface area (Å²) < 4.78 is 16.2.